The van der Waals surface area contributed by atoms with Crippen LogP contribution in [-0.4, -0.2) is 38.8 Å². The molecule has 0 aliphatic heterocycles. The number of nitrogens with one attached hydrogen (secondary N) is 3. The van der Waals surface area contributed by atoms with Gasteiger partial charge in [0.05, 0.1) is 11.3 Å². The van der Waals surface area contributed by atoms with Crippen LogP contribution >= 0.6 is 0 Å². The Morgan fingerprint density at radius 1 is 1.11 bits per heavy atom. The van der Waals surface area contributed by atoms with Gasteiger partial charge in [-0.2, -0.15) is 5.10 Å². The van der Waals surface area contributed by atoms with Crippen LogP contribution in [0, 0.1) is 13.8 Å². The lowest BCUT2D eigenvalue weighted by Crippen LogP contribution is -2.29. The largest absolute Gasteiger partial charge is 0.404 e. The van der Waals surface area contributed by atoms with E-state index in [1.165, 1.54) is 18.6 Å². The van der Waals surface area contributed by atoms with Crippen LogP contribution in [0.3, 0.4) is 0 Å². The molecule has 0 bridgehead atoms. The van der Waals surface area contributed by atoms with Gasteiger partial charge in [-0.05, 0) is 68.4 Å². The van der Waals surface area contributed by atoms with E-state index in [-0.39, 0.29) is 11.8 Å². The van der Waals surface area contributed by atoms with Crippen molar-refractivity contribution >= 4 is 40.4 Å². The highest BCUT2D eigenvalue weighted by molar-refractivity contribution is 6.11. The number of aryl methyl sites for hydroxylation is 2. The van der Waals surface area contributed by atoms with Crippen molar-refractivity contribution in [2.24, 2.45) is 10.7 Å². The summed E-state index contributed by atoms with van der Waals surface area (Å²) in [5.74, 6) is 0.306. The fourth-order valence-corrected chi connectivity index (χ4v) is 3.79. The minimum absolute atomic E-state index is 0.175. The van der Waals surface area contributed by atoms with Gasteiger partial charge >= 0.3 is 0 Å². The van der Waals surface area contributed by atoms with Crippen molar-refractivity contribution in [1.82, 2.24) is 25.2 Å². The molecule has 5 N–H and O–H groups in total. The lowest BCUT2D eigenvalue weighted by molar-refractivity contribution is 0.0952. The van der Waals surface area contributed by atoms with E-state index in [0.717, 1.165) is 11.1 Å². The van der Waals surface area contributed by atoms with Crippen LogP contribution in [0.4, 0.5) is 17.2 Å². The molecule has 188 valence electrons. The third-order valence-corrected chi connectivity index (χ3v) is 5.66. The summed E-state index contributed by atoms with van der Waals surface area (Å²) in [5.41, 5.74) is 10.2. The minimum Gasteiger partial charge on any atom is -0.404 e. The lowest BCUT2D eigenvalue weighted by atomic mass is 10.1. The molecule has 0 saturated carbocycles. The van der Waals surface area contributed by atoms with E-state index < -0.39 is 0 Å². The van der Waals surface area contributed by atoms with Crippen LogP contribution in [0.15, 0.2) is 78.3 Å². The molecule has 10 heteroatoms. The molecule has 2 aromatic heterocycles. The van der Waals surface area contributed by atoms with Gasteiger partial charge in [0.15, 0.2) is 5.82 Å². The van der Waals surface area contributed by atoms with E-state index in [2.05, 4.69) is 31.0 Å². The third-order valence-electron chi connectivity index (χ3n) is 5.66. The maximum atomic E-state index is 13.1. The average molecular weight is 497 g/mol. The Morgan fingerprint density at radius 2 is 1.89 bits per heavy atom. The standard InChI is InChI=1S/C27H28N8O2/c1-4-29-27(37)21-15-35-24(18(21)3)25(30-16-31-35)33-22-14-19(11-10-17(22)2)26(36)34-23(12-13-28)32-20-8-6-5-7-9-20/h5-16H,4,28H2,1-3H3,(H,29,37)(H,30,31,33)(H,32,34,36). The van der Waals surface area contributed by atoms with Crippen LogP contribution < -0.4 is 21.7 Å². The van der Waals surface area contributed by atoms with E-state index in [1.54, 1.807) is 22.8 Å². The number of nitrogens with zero attached hydrogens (tertiary/aromatic N) is 4. The first-order valence-corrected chi connectivity index (χ1v) is 11.7. The Labute approximate surface area is 214 Å². The number of para-hydroxylation sites is 1. The summed E-state index contributed by atoms with van der Waals surface area (Å²) in [5, 5.41) is 13.2. The third kappa shape index (κ3) is 5.64. The normalized spacial score (nSPS) is 11.6. The quantitative estimate of drug-likeness (QED) is 0.227. The molecule has 0 aliphatic rings. The zero-order valence-electron chi connectivity index (χ0n) is 20.8. The van der Waals surface area contributed by atoms with Gasteiger partial charge in [0.2, 0.25) is 0 Å². The summed E-state index contributed by atoms with van der Waals surface area (Å²) in [6.07, 6.45) is 5.93. The number of anilines is 2. The van der Waals surface area contributed by atoms with Gasteiger partial charge in [0.25, 0.3) is 11.8 Å². The zero-order valence-corrected chi connectivity index (χ0v) is 20.8. The van der Waals surface area contributed by atoms with Crippen molar-refractivity contribution in [3.63, 3.8) is 0 Å². The van der Waals surface area contributed by atoms with Crippen molar-refractivity contribution in [3.8, 4) is 0 Å². The Kier molecular flexibility index (Phi) is 7.58. The van der Waals surface area contributed by atoms with Crippen LogP contribution in [0.1, 0.15) is 38.8 Å². The van der Waals surface area contributed by atoms with Crippen LogP contribution in [-0.2, 0) is 0 Å². The predicted molar refractivity (Wildman–Crippen MR) is 145 cm³/mol. The fourth-order valence-electron chi connectivity index (χ4n) is 3.79. The van der Waals surface area contributed by atoms with Crippen LogP contribution in [0.25, 0.3) is 5.52 Å². The highest BCUT2D eigenvalue weighted by Crippen LogP contribution is 2.27. The molecule has 10 nitrogen and oxygen atoms in total. The first kappa shape index (κ1) is 25.1. The number of carbonyl (C=O) groups is 2. The number of fused-ring (bicyclic) bond motifs is 1. The van der Waals surface area contributed by atoms with Gasteiger partial charge in [-0.25, -0.2) is 14.5 Å². The number of aromatic nitrogens is 3. The number of amides is 2. The number of nitrogens with two attached hydrogens (primary N) is 1. The summed E-state index contributed by atoms with van der Waals surface area (Å²) in [7, 11) is 0. The highest BCUT2D eigenvalue weighted by atomic mass is 16.2. The first-order chi connectivity index (χ1) is 17.9. The topological polar surface area (TPSA) is 139 Å². The first-order valence-electron chi connectivity index (χ1n) is 11.7. The lowest BCUT2D eigenvalue weighted by Gasteiger charge is -2.13. The maximum absolute atomic E-state index is 13.1. The second-order valence-corrected chi connectivity index (χ2v) is 8.23. The maximum Gasteiger partial charge on any atom is 0.256 e. The van der Waals surface area contributed by atoms with E-state index in [9.17, 15) is 9.59 Å². The second-order valence-electron chi connectivity index (χ2n) is 8.23. The van der Waals surface area contributed by atoms with Crippen molar-refractivity contribution < 1.29 is 9.59 Å². The minimum atomic E-state index is -0.346. The van der Waals surface area contributed by atoms with Gasteiger partial charge in [-0.1, -0.05) is 24.3 Å². The van der Waals surface area contributed by atoms with Gasteiger partial charge in [-0.3, -0.25) is 9.59 Å². The number of benzene rings is 2. The van der Waals surface area contributed by atoms with Gasteiger partial charge in [-0.15, -0.1) is 0 Å². The van der Waals surface area contributed by atoms with Crippen LogP contribution in [0.5, 0.6) is 0 Å². The molecule has 0 atom stereocenters. The summed E-state index contributed by atoms with van der Waals surface area (Å²) in [6.45, 7) is 6.16. The smallest absolute Gasteiger partial charge is 0.256 e. The molecule has 0 unspecified atom stereocenters. The molecule has 0 spiro atoms. The molecule has 2 amide bonds. The highest BCUT2D eigenvalue weighted by Gasteiger charge is 2.18. The second kappa shape index (κ2) is 11.2. The zero-order chi connectivity index (χ0) is 26.4. The SMILES string of the molecule is CCNC(=O)c1cn2ncnc(Nc3cc(C(=O)NC(C=CN)=Nc4ccccc4)ccc3C)c2c1C. The molecule has 0 radical (unpaired) electrons. The molecular weight excluding hydrogens is 468 g/mol. The Hall–Kier alpha value is -4.99. The monoisotopic (exact) mass is 496 g/mol. The average Bonchev–Trinajstić information content (AvgIpc) is 3.23. The summed E-state index contributed by atoms with van der Waals surface area (Å²) in [6, 6.07) is 14.6. The number of carbonyl (C=O) groups excluding carboxylic acids is 2. The molecule has 0 saturated heterocycles. The number of amidine groups is 1. The van der Waals surface area contributed by atoms with Gasteiger partial charge in [0, 0.05) is 24.0 Å². The van der Waals surface area contributed by atoms with E-state index in [0.29, 0.717) is 46.2 Å². The number of hydrogen-bond acceptors (Lipinski definition) is 7. The molecule has 37 heavy (non-hydrogen) atoms. The number of rotatable bonds is 7. The molecule has 0 aliphatic carbocycles. The Balaban J connectivity index is 1.63. The van der Waals surface area contributed by atoms with E-state index in [1.807, 2.05) is 57.2 Å². The van der Waals surface area contributed by atoms with Gasteiger partial charge < -0.3 is 21.7 Å². The fraction of sp³-hybridized carbons (Fsp3) is 0.148. The number of aliphatic imine (C=N–C) groups is 1. The van der Waals surface area contributed by atoms with Crippen molar-refractivity contribution in [1.29, 1.82) is 0 Å². The van der Waals surface area contributed by atoms with Crippen LogP contribution in [0.2, 0.25) is 0 Å². The van der Waals surface area contributed by atoms with Crippen molar-refractivity contribution in [2.45, 2.75) is 20.8 Å². The molecule has 4 rings (SSSR count). The molecular formula is C27H28N8O2. The molecule has 2 aromatic carbocycles. The molecule has 4 aromatic rings. The van der Waals surface area contributed by atoms with Crippen molar-refractivity contribution in [3.05, 3.63) is 95.6 Å². The van der Waals surface area contributed by atoms with E-state index >= 15 is 0 Å². The molecule has 0 fully saturated rings. The van der Waals surface area contributed by atoms with Gasteiger partial charge in [0.1, 0.15) is 17.7 Å². The van der Waals surface area contributed by atoms with Crippen molar-refractivity contribution in [2.75, 3.05) is 11.9 Å². The van der Waals surface area contributed by atoms with E-state index in [4.69, 9.17) is 5.73 Å². The summed E-state index contributed by atoms with van der Waals surface area (Å²) < 4.78 is 1.62. The predicted octanol–water partition coefficient (Wildman–Crippen LogP) is 3.77. The number of hydrogen-bond donors (Lipinski definition) is 4. The molecule has 2 heterocycles. The summed E-state index contributed by atoms with van der Waals surface area (Å²) >= 11 is 0. The Morgan fingerprint density at radius 3 is 2.62 bits per heavy atom. The summed E-state index contributed by atoms with van der Waals surface area (Å²) in [4.78, 5) is 34.4. The Bertz CT molecular complexity index is 1510.